The van der Waals surface area contributed by atoms with Crippen LogP contribution in [0.15, 0.2) is 12.5 Å². The van der Waals surface area contributed by atoms with E-state index in [0.717, 1.165) is 6.42 Å². The molecule has 80 valence electrons. The monoisotopic (exact) mass is 194 g/mol. The molecule has 0 aliphatic carbocycles. The lowest BCUT2D eigenvalue weighted by Crippen LogP contribution is -2.26. The summed E-state index contributed by atoms with van der Waals surface area (Å²) < 4.78 is 2.32. The van der Waals surface area contributed by atoms with E-state index in [4.69, 9.17) is 0 Å². The van der Waals surface area contributed by atoms with Crippen LogP contribution < -0.4 is 0 Å². The van der Waals surface area contributed by atoms with Crippen molar-refractivity contribution in [3.63, 3.8) is 0 Å². The van der Waals surface area contributed by atoms with Crippen LogP contribution in [0.5, 0.6) is 0 Å². The Bertz CT molecular complexity index is 286. The maximum Gasteiger partial charge on any atom is 0.0953 e. The Kier molecular flexibility index (Phi) is 3.35. The second-order valence-corrected chi connectivity index (χ2v) is 4.66. The van der Waals surface area contributed by atoms with Crippen LogP contribution in [-0.4, -0.2) is 9.55 Å². The molecule has 0 aliphatic rings. The second kappa shape index (κ2) is 4.16. The van der Waals surface area contributed by atoms with E-state index in [1.807, 2.05) is 12.5 Å². The van der Waals surface area contributed by atoms with Gasteiger partial charge >= 0.3 is 0 Å². The SMILES string of the molecule is CCC(C)c1cncn1C(C)(C)CC. The van der Waals surface area contributed by atoms with Crippen LogP contribution in [-0.2, 0) is 5.54 Å². The van der Waals surface area contributed by atoms with E-state index in [-0.39, 0.29) is 5.54 Å². The fourth-order valence-electron chi connectivity index (χ4n) is 1.56. The molecule has 0 amide bonds. The Morgan fingerprint density at radius 3 is 2.57 bits per heavy atom. The third-order valence-electron chi connectivity index (χ3n) is 3.30. The number of imidazole rings is 1. The molecule has 14 heavy (non-hydrogen) atoms. The fourth-order valence-corrected chi connectivity index (χ4v) is 1.56. The molecule has 1 aromatic heterocycles. The van der Waals surface area contributed by atoms with Crippen LogP contribution in [0.1, 0.15) is 59.1 Å². The largest absolute Gasteiger partial charge is 0.329 e. The summed E-state index contributed by atoms with van der Waals surface area (Å²) >= 11 is 0. The Hall–Kier alpha value is -0.790. The van der Waals surface area contributed by atoms with E-state index in [1.165, 1.54) is 12.1 Å². The van der Waals surface area contributed by atoms with Gasteiger partial charge < -0.3 is 4.57 Å². The number of rotatable bonds is 4. The molecule has 2 heteroatoms. The highest BCUT2D eigenvalue weighted by atomic mass is 15.1. The first-order valence-corrected chi connectivity index (χ1v) is 5.55. The summed E-state index contributed by atoms with van der Waals surface area (Å²) in [6.45, 7) is 11.2. The van der Waals surface area contributed by atoms with Crippen LogP contribution in [0.2, 0.25) is 0 Å². The van der Waals surface area contributed by atoms with Gasteiger partial charge in [-0.05, 0) is 32.6 Å². The average Bonchev–Trinajstić information content (AvgIpc) is 2.65. The van der Waals surface area contributed by atoms with E-state index in [0.29, 0.717) is 5.92 Å². The summed E-state index contributed by atoms with van der Waals surface area (Å²) in [5, 5.41) is 0. The number of nitrogens with zero attached hydrogens (tertiary/aromatic N) is 2. The molecule has 0 aliphatic heterocycles. The molecule has 1 heterocycles. The molecular weight excluding hydrogens is 172 g/mol. The number of hydrogen-bond acceptors (Lipinski definition) is 1. The lowest BCUT2D eigenvalue weighted by molar-refractivity contribution is 0.327. The molecular formula is C12H22N2. The molecule has 1 unspecified atom stereocenters. The highest BCUT2D eigenvalue weighted by Crippen LogP contribution is 2.26. The Morgan fingerprint density at radius 2 is 2.07 bits per heavy atom. The van der Waals surface area contributed by atoms with Crippen LogP contribution in [0.3, 0.4) is 0 Å². The standard InChI is InChI=1S/C12H22N2/c1-6-10(3)11-8-13-9-14(11)12(4,5)7-2/h8-10H,6-7H2,1-5H3. The van der Waals surface area contributed by atoms with Crippen molar-refractivity contribution in [2.75, 3.05) is 0 Å². The highest BCUT2D eigenvalue weighted by molar-refractivity contribution is 5.08. The summed E-state index contributed by atoms with van der Waals surface area (Å²) in [6, 6.07) is 0. The first-order chi connectivity index (χ1) is 6.53. The van der Waals surface area contributed by atoms with Crippen LogP contribution in [0, 0.1) is 0 Å². The lowest BCUT2D eigenvalue weighted by Gasteiger charge is -2.28. The van der Waals surface area contributed by atoms with E-state index >= 15 is 0 Å². The summed E-state index contributed by atoms with van der Waals surface area (Å²) in [5.41, 5.74) is 1.55. The molecule has 0 radical (unpaired) electrons. The molecule has 0 spiro atoms. The maximum absolute atomic E-state index is 4.27. The summed E-state index contributed by atoms with van der Waals surface area (Å²) in [5.74, 6) is 0.600. The predicted octanol–water partition coefficient (Wildman–Crippen LogP) is 3.54. The van der Waals surface area contributed by atoms with Gasteiger partial charge in [0.25, 0.3) is 0 Å². The van der Waals surface area contributed by atoms with Crippen LogP contribution >= 0.6 is 0 Å². The van der Waals surface area contributed by atoms with Gasteiger partial charge in [-0.25, -0.2) is 4.98 Å². The van der Waals surface area contributed by atoms with Crippen LogP contribution in [0.25, 0.3) is 0 Å². The zero-order valence-electron chi connectivity index (χ0n) is 10.0. The van der Waals surface area contributed by atoms with E-state index in [9.17, 15) is 0 Å². The highest BCUT2D eigenvalue weighted by Gasteiger charge is 2.21. The summed E-state index contributed by atoms with van der Waals surface area (Å²) in [6.07, 6.45) is 6.27. The molecule has 0 fully saturated rings. The topological polar surface area (TPSA) is 17.8 Å². The molecule has 1 rings (SSSR count). The maximum atomic E-state index is 4.27. The minimum atomic E-state index is 0.190. The Labute approximate surface area is 87.4 Å². The van der Waals surface area contributed by atoms with Gasteiger partial charge in [0.2, 0.25) is 0 Å². The quantitative estimate of drug-likeness (QED) is 0.717. The number of hydrogen-bond donors (Lipinski definition) is 0. The van der Waals surface area contributed by atoms with Gasteiger partial charge in [-0.2, -0.15) is 0 Å². The molecule has 0 aromatic carbocycles. The van der Waals surface area contributed by atoms with E-state index in [2.05, 4.69) is 44.2 Å². The third-order valence-corrected chi connectivity index (χ3v) is 3.30. The minimum Gasteiger partial charge on any atom is -0.329 e. The van der Waals surface area contributed by atoms with Crippen molar-refractivity contribution in [1.29, 1.82) is 0 Å². The Morgan fingerprint density at radius 1 is 1.43 bits per heavy atom. The smallest absolute Gasteiger partial charge is 0.0953 e. The second-order valence-electron chi connectivity index (χ2n) is 4.66. The molecule has 0 bridgehead atoms. The molecule has 0 N–H and O–H groups in total. The van der Waals surface area contributed by atoms with E-state index in [1.54, 1.807) is 0 Å². The molecule has 1 atom stereocenters. The van der Waals surface area contributed by atoms with E-state index < -0.39 is 0 Å². The zero-order valence-corrected chi connectivity index (χ0v) is 10.0. The minimum absolute atomic E-state index is 0.190. The zero-order chi connectivity index (χ0) is 10.8. The molecule has 0 saturated carbocycles. The lowest BCUT2D eigenvalue weighted by atomic mass is 9.98. The number of aromatic nitrogens is 2. The van der Waals surface area contributed by atoms with Gasteiger partial charge in [-0.15, -0.1) is 0 Å². The van der Waals surface area contributed by atoms with Gasteiger partial charge in [-0.3, -0.25) is 0 Å². The van der Waals surface area contributed by atoms with Gasteiger partial charge in [0, 0.05) is 17.4 Å². The summed E-state index contributed by atoms with van der Waals surface area (Å²) in [7, 11) is 0. The Balaban J connectivity index is 3.04. The first-order valence-electron chi connectivity index (χ1n) is 5.55. The third kappa shape index (κ3) is 1.99. The van der Waals surface area contributed by atoms with Crippen LogP contribution in [0.4, 0.5) is 0 Å². The van der Waals surface area contributed by atoms with Crippen molar-refractivity contribution < 1.29 is 0 Å². The van der Waals surface area contributed by atoms with Gasteiger partial charge in [0.15, 0.2) is 0 Å². The molecule has 1 aromatic rings. The average molecular weight is 194 g/mol. The van der Waals surface area contributed by atoms with Gasteiger partial charge in [0.1, 0.15) is 0 Å². The van der Waals surface area contributed by atoms with Crippen molar-refractivity contribution in [2.24, 2.45) is 0 Å². The molecule has 0 saturated heterocycles. The predicted molar refractivity (Wildman–Crippen MR) is 60.5 cm³/mol. The van der Waals surface area contributed by atoms with Crippen molar-refractivity contribution in [3.05, 3.63) is 18.2 Å². The van der Waals surface area contributed by atoms with Crippen molar-refractivity contribution in [2.45, 2.75) is 58.9 Å². The van der Waals surface area contributed by atoms with Crippen molar-refractivity contribution in [1.82, 2.24) is 9.55 Å². The normalized spacial score (nSPS) is 14.4. The molecule has 2 nitrogen and oxygen atoms in total. The summed E-state index contributed by atoms with van der Waals surface area (Å²) in [4.78, 5) is 4.27. The van der Waals surface area contributed by atoms with Gasteiger partial charge in [-0.1, -0.05) is 20.8 Å². The van der Waals surface area contributed by atoms with Gasteiger partial charge in [0.05, 0.1) is 6.33 Å². The fraction of sp³-hybridized carbons (Fsp3) is 0.750. The van der Waals surface area contributed by atoms with Crippen molar-refractivity contribution in [3.8, 4) is 0 Å². The first kappa shape index (κ1) is 11.3. The van der Waals surface area contributed by atoms with Crippen molar-refractivity contribution >= 4 is 0 Å².